The molecule has 10 heavy (non-hydrogen) atoms. The predicted octanol–water partition coefficient (Wildman–Crippen LogP) is 2.07. The first-order valence-electron chi connectivity index (χ1n) is 3.15. The molecule has 0 amide bonds. The minimum absolute atomic E-state index is 0.662. The summed E-state index contributed by atoms with van der Waals surface area (Å²) in [6.45, 7) is 8.99. The molecule has 0 saturated heterocycles. The van der Waals surface area contributed by atoms with Crippen LogP contribution in [0.25, 0.3) is 0 Å². The van der Waals surface area contributed by atoms with Crippen molar-refractivity contribution in [3.8, 4) is 0 Å². The molecule has 0 aliphatic carbocycles. The Balaban J connectivity index is 4.48. The Hall–Kier alpha value is -1.05. The zero-order valence-corrected chi connectivity index (χ0v) is 6.72. The van der Waals surface area contributed by atoms with Crippen LogP contribution in [0, 0.1) is 5.21 Å². The van der Waals surface area contributed by atoms with Gasteiger partial charge in [0.2, 0.25) is 0 Å². The smallest absolute Gasteiger partial charge is 0.189 e. The van der Waals surface area contributed by atoms with E-state index in [-0.39, 0.29) is 0 Å². The summed E-state index contributed by atoms with van der Waals surface area (Å²) >= 11 is 0. The maximum Gasteiger partial charge on any atom is 0.189 e. The van der Waals surface area contributed by atoms with E-state index < -0.39 is 0 Å². The molecule has 0 rings (SSSR count). The highest BCUT2D eigenvalue weighted by atomic mass is 16.5. The molecule has 0 atom stereocenters. The summed E-state index contributed by atoms with van der Waals surface area (Å²) < 4.78 is 0.743. The van der Waals surface area contributed by atoms with Crippen LogP contribution in [0.4, 0.5) is 0 Å². The highest BCUT2D eigenvalue weighted by molar-refractivity contribution is 5.89. The first-order chi connectivity index (χ1) is 4.57. The second-order valence-corrected chi connectivity index (χ2v) is 2.37. The van der Waals surface area contributed by atoms with Crippen molar-refractivity contribution in [3.05, 3.63) is 29.6 Å². The molecule has 0 aromatic carbocycles. The molecule has 0 aliphatic rings. The summed E-state index contributed by atoms with van der Waals surface area (Å²) in [5, 5.41) is 10.8. The lowest BCUT2D eigenvalue weighted by Crippen LogP contribution is -2.02. The largest absolute Gasteiger partial charge is 0.619 e. The van der Waals surface area contributed by atoms with Gasteiger partial charge in [-0.05, 0) is 20.4 Å². The summed E-state index contributed by atoms with van der Waals surface area (Å²) in [5.74, 6) is 0. The van der Waals surface area contributed by atoms with Crippen molar-refractivity contribution < 1.29 is 4.74 Å². The summed E-state index contributed by atoms with van der Waals surface area (Å²) in [5.41, 5.74) is 1.77. The summed E-state index contributed by atoms with van der Waals surface area (Å²) in [4.78, 5) is 0. The van der Waals surface area contributed by atoms with Crippen molar-refractivity contribution >= 4 is 5.71 Å². The molecular formula is C8H13NO. The standard InChI is InChI=1S/C8H13NO/c1-5-9(10)8(4)6-7(2)3/h5-6H,1H2,2-4H3/b9-8+. The Kier molecular flexibility index (Phi) is 3.47. The SMILES string of the molecule is C=C/[N+]([O-])=C(/C)C=C(C)C. The molecule has 0 aromatic rings. The van der Waals surface area contributed by atoms with E-state index in [1.807, 2.05) is 19.9 Å². The van der Waals surface area contributed by atoms with Gasteiger partial charge in [0.05, 0.1) is 0 Å². The molecule has 56 valence electrons. The molecule has 0 N–H and O–H groups in total. The van der Waals surface area contributed by atoms with Crippen LogP contribution in [-0.2, 0) is 0 Å². The van der Waals surface area contributed by atoms with Crippen molar-refractivity contribution in [2.75, 3.05) is 0 Å². The maximum atomic E-state index is 10.8. The molecule has 0 bridgehead atoms. The van der Waals surface area contributed by atoms with Crippen LogP contribution in [0.3, 0.4) is 0 Å². The fourth-order valence-electron chi connectivity index (χ4n) is 0.625. The molecule has 2 nitrogen and oxygen atoms in total. The zero-order chi connectivity index (χ0) is 8.15. The average molecular weight is 139 g/mol. The normalized spacial score (nSPS) is 11.9. The minimum atomic E-state index is 0.662. The van der Waals surface area contributed by atoms with E-state index in [0.717, 1.165) is 10.3 Å². The molecular weight excluding hydrogens is 126 g/mol. The Labute approximate surface area is 61.8 Å². The van der Waals surface area contributed by atoms with Crippen molar-refractivity contribution in [2.24, 2.45) is 0 Å². The summed E-state index contributed by atoms with van der Waals surface area (Å²) in [6, 6.07) is 0. The van der Waals surface area contributed by atoms with Gasteiger partial charge < -0.3 is 5.21 Å². The number of allylic oxidation sites excluding steroid dienone is 2. The van der Waals surface area contributed by atoms with Gasteiger partial charge in [-0.3, -0.25) is 0 Å². The monoisotopic (exact) mass is 139 g/mol. The van der Waals surface area contributed by atoms with Gasteiger partial charge in [-0.25, -0.2) is 0 Å². The molecule has 0 fully saturated rings. The number of hydrogen-bond donors (Lipinski definition) is 0. The van der Waals surface area contributed by atoms with Gasteiger partial charge in [-0.2, -0.15) is 4.74 Å². The maximum absolute atomic E-state index is 10.8. The second-order valence-electron chi connectivity index (χ2n) is 2.37. The fraction of sp³-hybridized carbons (Fsp3) is 0.375. The first-order valence-corrected chi connectivity index (χ1v) is 3.15. The topological polar surface area (TPSA) is 26.1 Å². The quantitative estimate of drug-likeness (QED) is 0.249. The summed E-state index contributed by atoms with van der Waals surface area (Å²) in [7, 11) is 0. The third kappa shape index (κ3) is 3.07. The zero-order valence-electron chi connectivity index (χ0n) is 6.72. The van der Waals surface area contributed by atoms with E-state index in [2.05, 4.69) is 6.58 Å². The Morgan fingerprint density at radius 3 is 2.20 bits per heavy atom. The van der Waals surface area contributed by atoms with Crippen molar-refractivity contribution in [1.29, 1.82) is 0 Å². The molecule has 0 spiro atoms. The van der Waals surface area contributed by atoms with E-state index in [0.29, 0.717) is 5.71 Å². The third-order valence-corrected chi connectivity index (χ3v) is 1.01. The lowest BCUT2D eigenvalue weighted by molar-refractivity contribution is -0.377. The van der Waals surface area contributed by atoms with Gasteiger partial charge in [0.25, 0.3) is 0 Å². The molecule has 0 saturated carbocycles. The van der Waals surface area contributed by atoms with Crippen LogP contribution in [0.15, 0.2) is 24.4 Å². The van der Waals surface area contributed by atoms with Crippen molar-refractivity contribution in [3.63, 3.8) is 0 Å². The van der Waals surface area contributed by atoms with Crippen LogP contribution in [0.2, 0.25) is 0 Å². The Morgan fingerprint density at radius 1 is 1.40 bits per heavy atom. The molecule has 0 radical (unpaired) electrons. The van der Waals surface area contributed by atoms with Crippen molar-refractivity contribution in [2.45, 2.75) is 20.8 Å². The van der Waals surface area contributed by atoms with Gasteiger partial charge in [-0.1, -0.05) is 5.57 Å². The van der Waals surface area contributed by atoms with Gasteiger partial charge in [0.1, 0.15) is 0 Å². The van der Waals surface area contributed by atoms with Crippen molar-refractivity contribution in [1.82, 2.24) is 0 Å². The first kappa shape index (κ1) is 8.95. The van der Waals surface area contributed by atoms with Gasteiger partial charge in [0, 0.05) is 13.0 Å². The van der Waals surface area contributed by atoms with Crippen LogP contribution < -0.4 is 0 Å². The van der Waals surface area contributed by atoms with E-state index in [1.54, 1.807) is 6.92 Å². The van der Waals surface area contributed by atoms with Crippen LogP contribution in [0.5, 0.6) is 0 Å². The third-order valence-electron chi connectivity index (χ3n) is 1.01. The average Bonchev–Trinajstić information content (AvgIpc) is 1.85. The molecule has 2 heteroatoms. The lowest BCUT2D eigenvalue weighted by Gasteiger charge is -1.97. The van der Waals surface area contributed by atoms with Crippen LogP contribution in [-0.4, -0.2) is 10.5 Å². The van der Waals surface area contributed by atoms with E-state index in [4.69, 9.17) is 0 Å². The number of nitrogens with zero attached hydrogens (tertiary/aromatic N) is 1. The lowest BCUT2D eigenvalue weighted by atomic mass is 10.2. The molecule has 0 aliphatic heterocycles. The van der Waals surface area contributed by atoms with Crippen LogP contribution >= 0.6 is 0 Å². The fourth-order valence-corrected chi connectivity index (χ4v) is 0.625. The van der Waals surface area contributed by atoms with E-state index >= 15 is 0 Å². The molecule has 0 unspecified atom stereocenters. The number of rotatable bonds is 2. The van der Waals surface area contributed by atoms with E-state index in [1.165, 1.54) is 6.20 Å². The number of hydrogen-bond acceptors (Lipinski definition) is 1. The molecule has 0 aromatic heterocycles. The van der Waals surface area contributed by atoms with Gasteiger partial charge in [0.15, 0.2) is 11.9 Å². The Morgan fingerprint density at radius 2 is 1.90 bits per heavy atom. The Bertz CT molecular complexity index is 185. The highest BCUT2D eigenvalue weighted by Crippen LogP contribution is 1.90. The highest BCUT2D eigenvalue weighted by Gasteiger charge is 1.92. The van der Waals surface area contributed by atoms with E-state index in [9.17, 15) is 5.21 Å². The minimum Gasteiger partial charge on any atom is -0.619 e. The van der Waals surface area contributed by atoms with Crippen LogP contribution in [0.1, 0.15) is 20.8 Å². The molecule has 0 heterocycles. The second kappa shape index (κ2) is 3.88. The van der Waals surface area contributed by atoms with Gasteiger partial charge in [-0.15, -0.1) is 0 Å². The summed E-state index contributed by atoms with van der Waals surface area (Å²) in [6.07, 6.45) is 3.06. The number of hydroxylamine groups is 1. The van der Waals surface area contributed by atoms with Gasteiger partial charge >= 0.3 is 0 Å². The predicted molar refractivity (Wildman–Crippen MR) is 43.9 cm³/mol.